The van der Waals surface area contributed by atoms with E-state index >= 15 is 0 Å². The predicted octanol–water partition coefficient (Wildman–Crippen LogP) is 4.00. The third-order valence-corrected chi connectivity index (χ3v) is 5.21. The van der Waals surface area contributed by atoms with Crippen LogP contribution in [0.3, 0.4) is 0 Å². The lowest BCUT2D eigenvalue weighted by atomic mass is 10.1. The van der Waals surface area contributed by atoms with E-state index in [0.717, 1.165) is 16.0 Å². The van der Waals surface area contributed by atoms with Gasteiger partial charge < -0.3 is 15.1 Å². The lowest BCUT2D eigenvalue weighted by molar-refractivity contribution is -0.384. The van der Waals surface area contributed by atoms with Crippen LogP contribution < -0.4 is 10.6 Å². The molecule has 1 saturated heterocycles. The summed E-state index contributed by atoms with van der Waals surface area (Å²) >= 11 is 0. The zero-order valence-electron chi connectivity index (χ0n) is 18.3. The first-order valence-corrected chi connectivity index (χ1v) is 10.3. The molecule has 4 amide bonds. The maximum atomic E-state index is 12.7. The summed E-state index contributed by atoms with van der Waals surface area (Å²) in [5.74, 6) is -0.557. The monoisotopic (exact) mass is 460 g/mol. The van der Waals surface area contributed by atoms with Gasteiger partial charge in [0.2, 0.25) is 5.91 Å². The summed E-state index contributed by atoms with van der Waals surface area (Å²) in [6, 6.07) is 14.0. The van der Waals surface area contributed by atoms with Gasteiger partial charge in [-0.2, -0.15) is 0 Å². The molecule has 1 aliphatic heterocycles. The van der Waals surface area contributed by atoms with E-state index in [0.29, 0.717) is 17.0 Å². The number of urea groups is 1. The van der Waals surface area contributed by atoms with E-state index < -0.39 is 29.3 Å². The number of hydrogen-bond acceptors (Lipinski definition) is 6. The van der Waals surface area contributed by atoms with Crippen molar-refractivity contribution in [2.45, 2.75) is 13.8 Å². The van der Waals surface area contributed by atoms with Gasteiger partial charge in [-0.15, -0.1) is 0 Å². The maximum Gasteiger partial charge on any atom is 0.329 e. The molecule has 0 aliphatic carbocycles. The van der Waals surface area contributed by atoms with Gasteiger partial charge in [0, 0.05) is 29.5 Å². The standard InChI is InChI=1S/C24H20N4O6/c1-14-3-6-16(7-4-14)25-22(29)13-27-23(30)20(26-24(27)31)12-18-9-10-21(34-18)19-11-17(28(32)33)8-5-15(19)2/h3-12H,13H2,1-2H3,(H,25,29)(H,26,31)/b20-12+. The number of benzene rings is 2. The molecular weight excluding hydrogens is 440 g/mol. The molecule has 0 unspecified atom stereocenters. The molecule has 1 fully saturated rings. The number of anilines is 1. The summed E-state index contributed by atoms with van der Waals surface area (Å²) < 4.78 is 5.74. The highest BCUT2D eigenvalue weighted by molar-refractivity contribution is 6.15. The molecule has 1 aliphatic rings. The Morgan fingerprint density at radius 2 is 1.85 bits per heavy atom. The summed E-state index contributed by atoms with van der Waals surface area (Å²) in [4.78, 5) is 48.6. The van der Waals surface area contributed by atoms with Gasteiger partial charge in [0.25, 0.3) is 11.6 Å². The van der Waals surface area contributed by atoms with Crippen LogP contribution in [0.15, 0.2) is 64.7 Å². The fourth-order valence-corrected chi connectivity index (χ4v) is 3.40. The number of rotatable bonds is 6. The van der Waals surface area contributed by atoms with Gasteiger partial charge in [0.05, 0.1) is 4.92 Å². The lowest BCUT2D eigenvalue weighted by Crippen LogP contribution is -2.38. The number of carbonyl (C=O) groups excluding carboxylic acids is 3. The Bertz CT molecular complexity index is 1340. The number of aryl methyl sites for hydroxylation is 2. The highest BCUT2D eigenvalue weighted by Crippen LogP contribution is 2.30. The minimum atomic E-state index is -0.725. The Balaban J connectivity index is 1.48. The molecule has 34 heavy (non-hydrogen) atoms. The first-order valence-electron chi connectivity index (χ1n) is 10.3. The normalized spacial score (nSPS) is 14.4. The molecule has 2 aromatic carbocycles. The largest absolute Gasteiger partial charge is 0.457 e. The molecule has 2 heterocycles. The Kier molecular flexibility index (Phi) is 5.96. The van der Waals surface area contributed by atoms with Gasteiger partial charge in [0.1, 0.15) is 23.8 Å². The number of nitro groups is 1. The third kappa shape index (κ3) is 4.70. The van der Waals surface area contributed by atoms with Gasteiger partial charge in [-0.05, 0) is 43.7 Å². The van der Waals surface area contributed by atoms with Crippen LogP contribution in [0.2, 0.25) is 0 Å². The summed E-state index contributed by atoms with van der Waals surface area (Å²) in [5, 5.41) is 16.2. The Hall–Kier alpha value is -4.73. The molecule has 0 radical (unpaired) electrons. The summed E-state index contributed by atoms with van der Waals surface area (Å²) in [7, 11) is 0. The number of furan rings is 1. The van der Waals surface area contributed by atoms with Crippen molar-refractivity contribution in [2.24, 2.45) is 0 Å². The van der Waals surface area contributed by atoms with Crippen LogP contribution in [0.1, 0.15) is 16.9 Å². The second kappa shape index (κ2) is 9.02. The van der Waals surface area contributed by atoms with E-state index in [-0.39, 0.29) is 17.1 Å². The lowest BCUT2D eigenvalue weighted by Gasteiger charge is -2.12. The van der Waals surface area contributed by atoms with E-state index in [1.54, 1.807) is 37.3 Å². The van der Waals surface area contributed by atoms with E-state index in [2.05, 4.69) is 10.6 Å². The highest BCUT2D eigenvalue weighted by Gasteiger charge is 2.35. The summed E-state index contributed by atoms with van der Waals surface area (Å²) in [6.45, 7) is 3.26. The first kappa shape index (κ1) is 22.5. The van der Waals surface area contributed by atoms with Crippen molar-refractivity contribution in [2.75, 3.05) is 11.9 Å². The molecule has 2 N–H and O–H groups in total. The van der Waals surface area contributed by atoms with Crippen molar-refractivity contribution >= 4 is 35.3 Å². The van der Waals surface area contributed by atoms with Gasteiger partial charge >= 0.3 is 6.03 Å². The summed E-state index contributed by atoms with van der Waals surface area (Å²) in [6.07, 6.45) is 1.34. The average Bonchev–Trinajstić information content (AvgIpc) is 3.35. The molecule has 0 spiro atoms. The van der Waals surface area contributed by atoms with E-state index in [1.165, 1.54) is 18.2 Å². The van der Waals surface area contributed by atoms with Gasteiger partial charge in [-0.1, -0.05) is 23.8 Å². The van der Waals surface area contributed by atoms with Crippen LogP contribution in [0.25, 0.3) is 17.4 Å². The number of carbonyl (C=O) groups is 3. The smallest absolute Gasteiger partial charge is 0.329 e. The van der Waals surface area contributed by atoms with E-state index in [1.807, 2.05) is 19.1 Å². The molecular formula is C24H20N4O6. The number of imide groups is 1. The number of non-ortho nitro benzene ring substituents is 1. The van der Waals surface area contributed by atoms with Crippen molar-refractivity contribution in [3.63, 3.8) is 0 Å². The number of nitro benzene ring substituents is 1. The molecule has 1 aromatic heterocycles. The average molecular weight is 460 g/mol. The molecule has 10 heteroatoms. The van der Waals surface area contributed by atoms with Crippen LogP contribution in [-0.4, -0.2) is 34.2 Å². The zero-order valence-corrected chi connectivity index (χ0v) is 18.3. The predicted molar refractivity (Wildman–Crippen MR) is 124 cm³/mol. The van der Waals surface area contributed by atoms with Gasteiger partial charge in [-0.3, -0.25) is 19.7 Å². The van der Waals surface area contributed by atoms with Crippen molar-refractivity contribution in [3.05, 3.63) is 87.3 Å². The molecule has 4 rings (SSSR count). The highest BCUT2D eigenvalue weighted by atomic mass is 16.6. The SMILES string of the molecule is Cc1ccc(NC(=O)CN2C(=O)N/C(=C/c3ccc(-c4cc([N+](=O)[O-])ccc4C)o3)C2=O)cc1. The minimum Gasteiger partial charge on any atom is -0.457 e. The van der Waals surface area contributed by atoms with Crippen molar-refractivity contribution in [3.8, 4) is 11.3 Å². The van der Waals surface area contributed by atoms with E-state index in [9.17, 15) is 24.5 Å². The van der Waals surface area contributed by atoms with Crippen molar-refractivity contribution < 1.29 is 23.7 Å². The minimum absolute atomic E-state index is 0.0511. The van der Waals surface area contributed by atoms with Crippen LogP contribution >= 0.6 is 0 Å². The van der Waals surface area contributed by atoms with E-state index in [4.69, 9.17) is 4.42 Å². The second-order valence-electron chi connectivity index (χ2n) is 7.75. The quantitative estimate of drug-likeness (QED) is 0.247. The molecule has 0 saturated carbocycles. The molecule has 0 bridgehead atoms. The van der Waals surface area contributed by atoms with Crippen LogP contribution in [-0.2, 0) is 9.59 Å². The number of nitrogens with zero attached hydrogens (tertiary/aromatic N) is 2. The molecule has 0 atom stereocenters. The zero-order chi connectivity index (χ0) is 24.4. The Morgan fingerprint density at radius 3 is 2.56 bits per heavy atom. The Morgan fingerprint density at radius 1 is 1.12 bits per heavy atom. The number of amides is 4. The van der Waals surface area contributed by atoms with Gasteiger partial charge in [-0.25, -0.2) is 9.69 Å². The maximum absolute atomic E-state index is 12.7. The fourth-order valence-electron chi connectivity index (χ4n) is 3.40. The topological polar surface area (TPSA) is 135 Å². The molecule has 172 valence electrons. The Labute approximate surface area is 194 Å². The number of nitrogens with one attached hydrogen (secondary N) is 2. The third-order valence-electron chi connectivity index (χ3n) is 5.21. The fraction of sp³-hybridized carbons (Fsp3) is 0.125. The van der Waals surface area contributed by atoms with Crippen LogP contribution in [0.5, 0.6) is 0 Å². The van der Waals surface area contributed by atoms with Gasteiger partial charge in [0.15, 0.2) is 0 Å². The van der Waals surface area contributed by atoms with Crippen LogP contribution in [0.4, 0.5) is 16.2 Å². The second-order valence-corrected chi connectivity index (χ2v) is 7.75. The van der Waals surface area contributed by atoms with Crippen molar-refractivity contribution in [1.29, 1.82) is 0 Å². The van der Waals surface area contributed by atoms with Crippen LogP contribution in [0, 0.1) is 24.0 Å². The van der Waals surface area contributed by atoms with Crippen molar-refractivity contribution in [1.82, 2.24) is 10.2 Å². The summed E-state index contributed by atoms with van der Waals surface area (Å²) in [5.41, 5.74) is 2.77. The molecule has 10 nitrogen and oxygen atoms in total. The molecule has 3 aromatic rings. The first-order chi connectivity index (χ1) is 16.2. The number of hydrogen-bond donors (Lipinski definition) is 2.